The summed E-state index contributed by atoms with van der Waals surface area (Å²) in [5.41, 5.74) is 1.27. The minimum atomic E-state index is 0. The van der Waals surface area contributed by atoms with E-state index < -0.39 is 0 Å². The van der Waals surface area contributed by atoms with Gasteiger partial charge in [0.15, 0.2) is 5.96 Å². The maximum absolute atomic E-state index is 12.3. The summed E-state index contributed by atoms with van der Waals surface area (Å²) in [6, 6.07) is 10.3. The first-order valence-electron chi connectivity index (χ1n) is 10.5. The Morgan fingerprint density at radius 3 is 2.72 bits per heavy atom. The van der Waals surface area contributed by atoms with Crippen molar-refractivity contribution in [2.45, 2.75) is 33.6 Å². The number of hydrogen-bond acceptors (Lipinski definition) is 3. The average molecular weight is 516 g/mol. The predicted octanol–water partition coefficient (Wildman–Crippen LogP) is 2.92. The highest BCUT2D eigenvalue weighted by molar-refractivity contribution is 14.0. The molecule has 2 rings (SSSR count). The van der Waals surface area contributed by atoms with E-state index in [0.717, 1.165) is 45.2 Å². The second kappa shape index (κ2) is 14.6. The number of carbonyl (C=O) groups excluding carboxylic acids is 1. The number of rotatable bonds is 11. The van der Waals surface area contributed by atoms with Crippen LogP contribution in [-0.4, -0.2) is 62.7 Å². The van der Waals surface area contributed by atoms with Gasteiger partial charge >= 0.3 is 0 Å². The fraction of sp³-hybridized carbons (Fsp3) is 0.636. The van der Waals surface area contributed by atoms with Crippen LogP contribution in [0.5, 0.6) is 0 Å². The quantitative estimate of drug-likeness (QED) is 0.206. The molecule has 2 N–H and O–H groups in total. The van der Waals surface area contributed by atoms with Crippen molar-refractivity contribution >= 4 is 35.8 Å². The number of nitrogens with one attached hydrogen (secondary N) is 2. The Morgan fingerprint density at radius 2 is 2.03 bits per heavy atom. The van der Waals surface area contributed by atoms with Crippen LogP contribution in [-0.2, 0) is 16.0 Å². The van der Waals surface area contributed by atoms with E-state index >= 15 is 0 Å². The molecule has 1 heterocycles. The first-order chi connectivity index (χ1) is 13.6. The summed E-state index contributed by atoms with van der Waals surface area (Å²) in [7, 11) is 0. The molecule has 0 saturated carbocycles. The van der Waals surface area contributed by atoms with Crippen LogP contribution in [0.1, 0.15) is 32.8 Å². The van der Waals surface area contributed by atoms with Crippen LogP contribution >= 0.6 is 24.0 Å². The van der Waals surface area contributed by atoms with Crippen molar-refractivity contribution in [2.24, 2.45) is 16.8 Å². The highest BCUT2D eigenvalue weighted by atomic mass is 127. The molecular formula is C22H37IN4O2. The lowest BCUT2D eigenvalue weighted by molar-refractivity contribution is -0.127. The SMILES string of the molecule is CCNC(=NCC1CC(=O)N(CCc2ccccc2)C1)NCCOCC(C)C.I. The molecular weight excluding hydrogens is 479 g/mol. The third-order valence-electron chi connectivity index (χ3n) is 4.65. The molecule has 29 heavy (non-hydrogen) atoms. The lowest BCUT2D eigenvalue weighted by Gasteiger charge is -2.16. The molecule has 1 amide bonds. The molecule has 0 aromatic heterocycles. The van der Waals surface area contributed by atoms with Gasteiger partial charge in [0, 0.05) is 51.7 Å². The highest BCUT2D eigenvalue weighted by Gasteiger charge is 2.28. The van der Waals surface area contributed by atoms with Gasteiger partial charge in [-0.3, -0.25) is 9.79 Å². The fourth-order valence-corrected chi connectivity index (χ4v) is 3.22. The standard InChI is InChI=1S/C22H36N4O2.HI/c1-4-23-22(24-11-13-28-17-18(2)3)25-15-20-14-21(27)26(16-20)12-10-19-8-6-5-7-9-19;/h5-9,18,20H,4,10-17H2,1-3H3,(H2,23,24,25);1H. The van der Waals surface area contributed by atoms with Crippen LogP contribution in [0.3, 0.4) is 0 Å². The monoisotopic (exact) mass is 516 g/mol. The van der Waals surface area contributed by atoms with Gasteiger partial charge in [-0.25, -0.2) is 0 Å². The molecule has 164 valence electrons. The topological polar surface area (TPSA) is 66.0 Å². The van der Waals surface area contributed by atoms with E-state index in [1.807, 2.05) is 23.1 Å². The lowest BCUT2D eigenvalue weighted by Crippen LogP contribution is -2.39. The molecule has 1 fully saturated rings. The number of halogens is 1. The Hall–Kier alpha value is -1.35. The second-order valence-electron chi connectivity index (χ2n) is 7.76. The van der Waals surface area contributed by atoms with Gasteiger partial charge in [-0.1, -0.05) is 44.2 Å². The van der Waals surface area contributed by atoms with Crippen molar-refractivity contribution in [1.29, 1.82) is 0 Å². The first kappa shape index (κ1) is 25.7. The zero-order valence-electron chi connectivity index (χ0n) is 18.0. The van der Waals surface area contributed by atoms with Crippen molar-refractivity contribution in [3.8, 4) is 0 Å². The van der Waals surface area contributed by atoms with Gasteiger partial charge in [0.25, 0.3) is 0 Å². The second-order valence-corrected chi connectivity index (χ2v) is 7.76. The van der Waals surface area contributed by atoms with Crippen LogP contribution in [0.4, 0.5) is 0 Å². The summed E-state index contributed by atoms with van der Waals surface area (Å²) in [6.07, 6.45) is 1.50. The van der Waals surface area contributed by atoms with Gasteiger partial charge in [0.1, 0.15) is 0 Å². The minimum absolute atomic E-state index is 0. The van der Waals surface area contributed by atoms with Crippen LogP contribution in [0.2, 0.25) is 0 Å². The molecule has 7 heteroatoms. The van der Waals surface area contributed by atoms with Gasteiger partial charge < -0.3 is 20.3 Å². The third kappa shape index (κ3) is 10.3. The van der Waals surface area contributed by atoms with Gasteiger partial charge in [0.05, 0.1) is 6.61 Å². The molecule has 1 unspecified atom stereocenters. The Morgan fingerprint density at radius 1 is 1.28 bits per heavy atom. The summed E-state index contributed by atoms with van der Waals surface area (Å²) in [5, 5.41) is 6.56. The van der Waals surface area contributed by atoms with E-state index in [-0.39, 0.29) is 35.8 Å². The number of aliphatic imine (C=N–C) groups is 1. The lowest BCUT2D eigenvalue weighted by atomic mass is 10.1. The number of carbonyl (C=O) groups is 1. The summed E-state index contributed by atoms with van der Waals surface area (Å²) >= 11 is 0. The van der Waals surface area contributed by atoms with Crippen molar-refractivity contribution in [3.05, 3.63) is 35.9 Å². The molecule has 0 aliphatic carbocycles. The van der Waals surface area contributed by atoms with E-state index in [1.165, 1.54) is 5.56 Å². The molecule has 0 bridgehead atoms. The summed E-state index contributed by atoms with van der Waals surface area (Å²) in [5.74, 6) is 1.88. The Bertz CT molecular complexity index is 610. The van der Waals surface area contributed by atoms with E-state index in [2.05, 4.69) is 48.5 Å². The smallest absolute Gasteiger partial charge is 0.223 e. The first-order valence-corrected chi connectivity index (χ1v) is 10.5. The molecule has 1 atom stereocenters. The number of guanidine groups is 1. The molecule has 1 aromatic carbocycles. The van der Waals surface area contributed by atoms with E-state index in [4.69, 9.17) is 4.74 Å². The Balaban J connectivity index is 0.00000420. The number of ether oxygens (including phenoxy) is 1. The van der Waals surface area contributed by atoms with Crippen molar-refractivity contribution < 1.29 is 9.53 Å². The fourth-order valence-electron chi connectivity index (χ4n) is 3.22. The molecule has 1 aromatic rings. The zero-order chi connectivity index (χ0) is 20.2. The van der Waals surface area contributed by atoms with Crippen LogP contribution in [0.25, 0.3) is 0 Å². The van der Waals surface area contributed by atoms with Gasteiger partial charge in [-0.05, 0) is 24.8 Å². The molecule has 0 radical (unpaired) electrons. The molecule has 0 spiro atoms. The number of amides is 1. The Kier molecular flexibility index (Phi) is 12.9. The maximum atomic E-state index is 12.3. The number of benzene rings is 1. The summed E-state index contributed by atoms with van der Waals surface area (Å²) in [4.78, 5) is 19.0. The summed E-state index contributed by atoms with van der Waals surface area (Å²) < 4.78 is 5.60. The number of nitrogens with zero attached hydrogens (tertiary/aromatic N) is 2. The minimum Gasteiger partial charge on any atom is -0.379 e. The molecule has 1 saturated heterocycles. The molecule has 1 aliphatic heterocycles. The van der Waals surface area contributed by atoms with Gasteiger partial charge in [0.2, 0.25) is 5.91 Å². The van der Waals surface area contributed by atoms with E-state index in [9.17, 15) is 4.79 Å². The van der Waals surface area contributed by atoms with Crippen molar-refractivity contribution in [3.63, 3.8) is 0 Å². The van der Waals surface area contributed by atoms with Crippen molar-refractivity contribution in [2.75, 3.05) is 45.9 Å². The third-order valence-corrected chi connectivity index (χ3v) is 4.65. The molecule has 6 nitrogen and oxygen atoms in total. The zero-order valence-corrected chi connectivity index (χ0v) is 20.4. The maximum Gasteiger partial charge on any atom is 0.223 e. The van der Waals surface area contributed by atoms with E-state index in [1.54, 1.807) is 0 Å². The van der Waals surface area contributed by atoms with Gasteiger partial charge in [-0.15, -0.1) is 24.0 Å². The average Bonchev–Trinajstić information content (AvgIpc) is 3.04. The van der Waals surface area contributed by atoms with Crippen LogP contribution in [0, 0.1) is 11.8 Å². The van der Waals surface area contributed by atoms with Crippen molar-refractivity contribution in [1.82, 2.24) is 15.5 Å². The van der Waals surface area contributed by atoms with Crippen LogP contribution < -0.4 is 10.6 Å². The number of hydrogen-bond donors (Lipinski definition) is 2. The highest BCUT2D eigenvalue weighted by Crippen LogP contribution is 2.18. The molecule has 1 aliphatic rings. The normalized spacial score (nSPS) is 16.8. The predicted molar refractivity (Wildman–Crippen MR) is 130 cm³/mol. The number of likely N-dealkylation sites (tertiary alicyclic amines) is 1. The largest absolute Gasteiger partial charge is 0.379 e. The van der Waals surface area contributed by atoms with E-state index in [0.29, 0.717) is 25.5 Å². The summed E-state index contributed by atoms with van der Waals surface area (Å²) in [6.45, 7) is 11.6. The Labute approximate surface area is 192 Å². The van der Waals surface area contributed by atoms with Crippen LogP contribution in [0.15, 0.2) is 35.3 Å². The van der Waals surface area contributed by atoms with Gasteiger partial charge in [-0.2, -0.15) is 0 Å².